The molecular formula is C40H43ClN2O4. The highest BCUT2D eigenvalue weighted by Crippen LogP contribution is 2.56. The number of benzene rings is 3. The van der Waals surface area contributed by atoms with E-state index in [1.165, 1.54) is 5.56 Å². The van der Waals surface area contributed by atoms with E-state index < -0.39 is 17.6 Å². The first kappa shape index (κ1) is 32.9. The minimum absolute atomic E-state index is 0.00556. The number of hydrogen-bond acceptors (Lipinski definition) is 6. The molecule has 7 heteroatoms. The van der Waals surface area contributed by atoms with Gasteiger partial charge in [0, 0.05) is 52.7 Å². The second kappa shape index (κ2) is 12.9. The van der Waals surface area contributed by atoms with Crippen LogP contribution in [0, 0.1) is 11.3 Å². The van der Waals surface area contributed by atoms with Crippen LogP contribution < -0.4 is 11.1 Å². The molecule has 3 aromatic carbocycles. The molecule has 0 aliphatic heterocycles. The van der Waals surface area contributed by atoms with E-state index >= 15 is 0 Å². The van der Waals surface area contributed by atoms with Gasteiger partial charge in [-0.2, -0.15) is 0 Å². The lowest BCUT2D eigenvalue weighted by Crippen LogP contribution is -2.46. The van der Waals surface area contributed by atoms with Gasteiger partial charge in [0.05, 0.1) is 5.57 Å². The third-order valence-electron chi connectivity index (χ3n) is 9.54. The van der Waals surface area contributed by atoms with E-state index in [2.05, 4.69) is 35.7 Å². The van der Waals surface area contributed by atoms with E-state index in [1.54, 1.807) is 0 Å². The highest BCUT2D eigenvalue weighted by atomic mass is 35.5. The first-order valence-corrected chi connectivity index (χ1v) is 17.0. The smallest absolute Gasteiger partial charge is 0.326 e. The predicted molar refractivity (Wildman–Crippen MR) is 186 cm³/mol. The fourth-order valence-corrected chi connectivity index (χ4v) is 7.73. The van der Waals surface area contributed by atoms with Gasteiger partial charge in [0.25, 0.3) is 0 Å². The van der Waals surface area contributed by atoms with Gasteiger partial charge in [-0.1, -0.05) is 112 Å². The maximum absolute atomic E-state index is 14.1. The zero-order valence-electron chi connectivity index (χ0n) is 27.6. The maximum atomic E-state index is 14.1. The summed E-state index contributed by atoms with van der Waals surface area (Å²) in [5.41, 5.74) is 11.0. The van der Waals surface area contributed by atoms with E-state index in [4.69, 9.17) is 22.1 Å². The summed E-state index contributed by atoms with van der Waals surface area (Å²) in [6, 6.07) is 20.7. The number of hydrogen-bond donors (Lipinski definition) is 2. The highest BCUT2D eigenvalue weighted by molar-refractivity contribution is 6.32. The maximum Gasteiger partial charge on any atom is 0.326 e. The third kappa shape index (κ3) is 6.21. The van der Waals surface area contributed by atoms with Gasteiger partial charge in [-0.3, -0.25) is 14.4 Å². The summed E-state index contributed by atoms with van der Waals surface area (Å²) in [7, 11) is 0. The predicted octanol–water partition coefficient (Wildman–Crippen LogP) is 7.76. The zero-order valence-corrected chi connectivity index (χ0v) is 28.3. The van der Waals surface area contributed by atoms with Crippen molar-refractivity contribution in [3.8, 4) is 11.1 Å². The van der Waals surface area contributed by atoms with Gasteiger partial charge in [-0.05, 0) is 53.4 Å². The number of rotatable bonds is 9. The molecule has 47 heavy (non-hydrogen) atoms. The van der Waals surface area contributed by atoms with Crippen LogP contribution in [0.5, 0.6) is 0 Å². The van der Waals surface area contributed by atoms with Crippen LogP contribution in [0.25, 0.3) is 11.1 Å². The van der Waals surface area contributed by atoms with Gasteiger partial charge in [0.15, 0.2) is 17.2 Å². The van der Waals surface area contributed by atoms with Crippen LogP contribution in [-0.4, -0.2) is 30.1 Å². The Hall–Kier alpha value is -4.00. The van der Waals surface area contributed by atoms with Crippen LogP contribution in [0.2, 0.25) is 5.02 Å². The standard InChI is InChI=1S/C40H43ClN2O4/c1-24(2)19-33(36-34(44)21-39(3,4)22-35(36)45)43-23-32(42)38(46)47-40(27-13-6-5-7-14-27)30-18-17-26(25-11-8-9-12-25)20-29(30)28-15-10-16-31(41)37(28)40/h5-8,10-11,13-18,20,24-25,32,43H,9,12,19,21-23,42H2,1-4H3. The summed E-state index contributed by atoms with van der Waals surface area (Å²) in [6.07, 6.45) is 7.66. The number of carbonyl (C=O) groups is 3. The molecule has 0 aromatic heterocycles. The number of carbonyl (C=O) groups excluding carboxylic acids is 3. The van der Waals surface area contributed by atoms with Crippen LogP contribution in [0.1, 0.15) is 88.0 Å². The van der Waals surface area contributed by atoms with E-state index in [0.717, 1.165) is 35.1 Å². The molecule has 6 nitrogen and oxygen atoms in total. The van der Waals surface area contributed by atoms with Crippen molar-refractivity contribution in [3.05, 3.63) is 117 Å². The quantitative estimate of drug-likeness (QED) is 0.106. The van der Waals surface area contributed by atoms with Crippen molar-refractivity contribution in [1.82, 2.24) is 5.32 Å². The molecule has 3 aliphatic rings. The molecule has 1 fully saturated rings. The fourth-order valence-electron chi connectivity index (χ4n) is 7.43. The number of nitrogens with one attached hydrogen (secondary N) is 1. The van der Waals surface area contributed by atoms with Gasteiger partial charge < -0.3 is 15.8 Å². The fraction of sp³-hybridized carbons (Fsp3) is 0.375. The Morgan fingerprint density at radius 2 is 1.72 bits per heavy atom. The Bertz CT molecular complexity index is 1770. The summed E-state index contributed by atoms with van der Waals surface area (Å²) in [6.45, 7) is 7.90. The third-order valence-corrected chi connectivity index (χ3v) is 9.86. The summed E-state index contributed by atoms with van der Waals surface area (Å²) >= 11 is 6.99. The Morgan fingerprint density at radius 3 is 2.38 bits per heavy atom. The minimum Gasteiger partial charge on any atom is -0.443 e. The number of ether oxygens (including phenoxy) is 1. The monoisotopic (exact) mass is 650 g/mol. The van der Waals surface area contributed by atoms with Crippen LogP contribution >= 0.6 is 11.6 Å². The molecule has 3 unspecified atom stereocenters. The summed E-state index contributed by atoms with van der Waals surface area (Å²) in [4.78, 5) is 40.5. The van der Waals surface area contributed by atoms with Crippen molar-refractivity contribution in [2.75, 3.05) is 6.54 Å². The molecule has 0 saturated heterocycles. The molecule has 3 N–H and O–H groups in total. The van der Waals surface area contributed by atoms with Crippen molar-refractivity contribution < 1.29 is 19.1 Å². The average molecular weight is 651 g/mol. The molecule has 3 atom stereocenters. The lowest BCUT2D eigenvalue weighted by Gasteiger charge is -2.34. The summed E-state index contributed by atoms with van der Waals surface area (Å²) in [5.74, 6) is -0.466. The van der Waals surface area contributed by atoms with Gasteiger partial charge in [-0.25, -0.2) is 0 Å². The van der Waals surface area contributed by atoms with Crippen molar-refractivity contribution in [2.24, 2.45) is 17.1 Å². The van der Waals surface area contributed by atoms with Gasteiger partial charge in [0.2, 0.25) is 0 Å². The number of fused-ring (bicyclic) bond motifs is 3. The Labute approximate surface area is 282 Å². The van der Waals surface area contributed by atoms with Crippen LogP contribution in [0.15, 0.2) is 90.2 Å². The average Bonchev–Trinajstić information content (AvgIpc) is 3.65. The molecule has 0 amide bonds. The van der Waals surface area contributed by atoms with E-state index in [1.807, 2.05) is 76.2 Å². The SMILES string of the molecule is CC(C)CC(NCC(N)C(=O)OC1(c2ccccc2)c2ccc(C3C=CCC3)cc2-c2cccc(Cl)c21)=C1C(=O)CC(C)(C)CC1=O. The van der Waals surface area contributed by atoms with E-state index in [0.29, 0.717) is 41.5 Å². The Morgan fingerprint density at radius 1 is 1.00 bits per heavy atom. The normalized spacial score (nSPS) is 21.9. The molecule has 0 spiro atoms. The largest absolute Gasteiger partial charge is 0.443 e. The molecule has 0 bridgehead atoms. The van der Waals surface area contributed by atoms with Crippen LogP contribution in [0.3, 0.4) is 0 Å². The zero-order chi connectivity index (χ0) is 33.5. The first-order valence-electron chi connectivity index (χ1n) is 16.6. The molecule has 6 rings (SSSR count). The number of allylic oxidation sites excluding steroid dienone is 4. The number of esters is 1. The number of ketones is 2. The molecule has 1 saturated carbocycles. The topological polar surface area (TPSA) is 98.5 Å². The Kier molecular flexibility index (Phi) is 9.03. The van der Waals surface area contributed by atoms with Crippen molar-refractivity contribution in [2.45, 2.75) is 77.4 Å². The van der Waals surface area contributed by atoms with Gasteiger partial charge >= 0.3 is 5.97 Å². The van der Waals surface area contributed by atoms with E-state index in [-0.39, 0.29) is 35.0 Å². The second-order valence-electron chi connectivity index (χ2n) is 14.4. The van der Waals surface area contributed by atoms with Crippen molar-refractivity contribution in [1.29, 1.82) is 0 Å². The first-order chi connectivity index (χ1) is 22.4. The van der Waals surface area contributed by atoms with Crippen molar-refractivity contribution >= 4 is 29.1 Å². The van der Waals surface area contributed by atoms with Crippen molar-refractivity contribution in [3.63, 3.8) is 0 Å². The molecule has 3 aliphatic carbocycles. The van der Waals surface area contributed by atoms with E-state index in [9.17, 15) is 14.4 Å². The Balaban J connectivity index is 1.36. The lowest BCUT2D eigenvalue weighted by molar-refractivity contribution is -0.154. The highest BCUT2D eigenvalue weighted by Gasteiger charge is 2.50. The second-order valence-corrected chi connectivity index (χ2v) is 14.8. The van der Waals surface area contributed by atoms with Gasteiger partial charge in [0.1, 0.15) is 6.04 Å². The molecule has 0 radical (unpaired) electrons. The van der Waals surface area contributed by atoms with Gasteiger partial charge in [-0.15, -0.1) is 0 Å². The number of Topliss-reactive ketones (excluding diaryl/α,β-unsaturated/α-hetero) is 2. The summed E-state index contributed by atoms with van der Waals surface area (Å²) < 4.78 is 6.62. The lowest BCUT2D eigenvalue weighted by atomic mass is 9.73. The number of halogens is 1. The molecular weight excluding hydrogens is 608 g/mol. The molecule has 3 aromatic rings. The van der Waals surface area contributed by atoms with Crippen LogP contribution in [0.4, 0.5) is 0 Å². The summed E-state index contributed by atoms with van der Waals surface area (Å²) in [5, 5.41) is 3.73. The van der Waals surface area contributed by atoms with Crippen LogP contribution in [-0.2, 0) is 24.7 Å². The molecule has 244 valence electrons. The minimum atomic E-state index is -1.33. The number of nitrogens with two attached hydrogens (primary N) is 1. The molecule has 0 heterocycles.